The van der Waals surface area contributed by atoms with Crippen molar-refractivity contribution in [1.82, 2.24) is 4.98 Å². The van der Waals surface area contributed by atoms with Crippen LogP contribution in [-0.2, 0) is 9.53 Å². The zero-order valence-electron chi connectivity index (χ0n) is 11.1. The maximum Gasteiger partial charge on any atom is 0.308 e. The predicted molar refractivity (Wildman–Crippen MR) is 67.8 cm³/mol. The van der Waals surface area contributed by atoms with E-state index in [2.05, 4.69) is 9.72 Å². The van der Waals surface area contributed by atoms with Gasteiger partial charge in [-0.1, -0.05) is 0 Å². The second-order valence-corrected chi connectivity index (χ2v) is 4.15. The summed E-state index contributed by atoms with van der Waals surface area (Å²) in [7, 11) is 0. The Hall–Kier alpha value is -2.06. The minimum Gasteiger partial charge on any atom is -0.466 e. The van der Waals surface area contributed by atoms with Crippen LogP contribution < -0.4 is 0 Å². The lowest BCUT2D eigenvalue weighted by Crippen LogP contribution is -2.23. The van der Waals surface area contributed by atoms with Crippen molar-refractivity contribution in [1.29, 1.82) is 0 Å². The molecule has 0 aliphatic carbocycles. The maximum atomic E-state index is 11.2. The van der Waals surface area contributed by atoms with Gasteiger partial charge < -0.3 is 14.9 Å². The Morgan fingerprint density at radius 2 is 2.20 bits per heavy atom. The molecule has 1 heterocycles. The highest BCUT2D eigenvalue weighted by atomic mass is 16.6. The summed E-state index contributed by atoms with van der Waals surface area (Å²) >= 11 is 0. The van der Waals surface area contributed by atoms with Crippen LogP contribution in [0, 0.1) is 17.0 Å². The number of nitro groups is 1. The molecule has 8 nitrogen and oxygen atoms in total. The predicted octanol–water partition coefficient (Wildman–Crippen LogP) is 0.646. The molecule has 0 amide bonds. The molecule has 2 unspecified atom stereocenters. The molecular formula is C12H16N2O6. The first-order valence-electron chi connectivity index (χ1n) is 5.99. The van der Waals surface area contributed by atoms with Crippen molar-refractivity contribution < 1.29 is 24.7 Å². The largest absolute Gasteiger partial charge is 0.466 e. The van der Waals surface area contributed by atoms with Gasteiger partial charge >= 0.3 is 5.97 Å². The Morgan fingerprint density at radius 3 is 2.75 bits per heavy atom. The third-order valence-electron chi connectivity index (χ3n) is 2.67. The van der Waals surface area contributed by atoms with E-state index in [1.807, 2.05) is 0 Å². The molecule has 0 spiro atoms. The zero-order valence-corrected chi connectivity index (χ0v) is 11.1. The number of aliphatic hydroxyl groups is 2. The van der Waals surface area contributed by atoms with Crippen LogP contribution in [0.15, 0.2) is 12.3 Å². The molecular weight excluding hydrogens is 268 g/mol. The van der Waals surface area contributed by atoms with Crippen molar-refractivity contribution in [2.24, 2.45) is 0 Å². The fourth-order valence-corrected chi connectivity index (χ4v) is 1.61. The van der Waals surface area contributed by atoms with Crippen LogP contribution >= 0.6 is 0 Å². The van der Waals surface area contributed by atoms with Crippen molar-refractivity contribution in [2.75, 3.05) is 6.61 Å². The topological polar surface area (TPSA) is 123 Å². The first-order valence-corrected chi connectivity index (χ1v) is 5.99. The number of carbonyl (C=O) groups is 1. The SMILES string of the molecule is CCOC(=O)CC(O)C(O)c1cnc(C)c([N+](=O)[O-])c1. The Kier molecular flexibility index (Phi) is 5.53. The van der Waals surface area contributed by atoms with Gasteiger partial charge in [0.25, 0.3) is 5.69 Å². The Morgan fingerprint density at radius 1 is 1.55 bits per heavy atom. The summed E-state index contributed by atoms with van der Waals surface area (Å²) in [5, 5.41) is 30.4. The lowest BCUT2D eigenvalue weighted by atomic mass is 10.0. The molecule has 2 atom stereocenters. The monoisotopic (exact) mass is 284 g/mol. The molecule has 110 valence electrons. The highest BCUT2D eigenvalue weighted by molar-refractivity contribution is 5.70. The van der Waals surface area contributed by atoms with E-state index in [4.69, 9.17) is 0 Å². The molecule has 0 radical (unpaired) electrons. The minimum atomic E-state index is -1.45. The van der Waals surface area contributed by atoms with E-state index in [0.717, 1.165) is 6.07 Å². The van der Waals surface area contributed by atoms with Gasteiger partial charge in [0.15, 0.2) is 0 Å². The van der Waals surface area contributed by atoms with E-state index < -0.39 is 29.5 Å². The number of rotatable bonds is 6. The summed E-state index contributed by atoms with van der Waals surface area (Å²) in [6.45, 7) is 3.25. The third kappa shape index (κ3) is 3.97. The van der Waals surface area contributed by atoms with Gasteiger partial charge in [-0.15, -0.1) is 0 Å². The summed E-state index contributed by atoms with van der Waals surface area (Å²) < 4.78 is 4.65. The Bertz CT molecular complexity index is 505. The number of ether oxygens (including phenoxy) is 1. The molecule has 2 N–H and O–H groups in total. The average molecular weight is 284 g/mol. The molecule has 1 aromatic rings. The molecule has 0 fully saturated rings. The van der Waals surface area contributed by atoms with Crippen molar-refractivity contribution in [2.45, 2.75) is 32.5 Å². The van der Waals surface area contributed by atoms with Crippen molar-refractivity contribution in [3.05, 3.63) is 33.6 Å². The molecule has 0 saturated heterocycles. The number of hydrogen-bond donors (Lipinski definition) is 2. The van der Waals surface area contributed by atoms with E-state index in [-0.39, 0.29) is 23.6 Å². The van der Waals surface area contributed by atoms with Gasteiger partial charge in [-0.25, -0.2) is 0 Å². The highest BCUT2D eigenvalue weighted by Gasteiger charge is 2.24. The normalized spacial score (nSPS) is 13.6. The molecule has 1 rings (SSSR count). The summed E-state index contributed by atoms with van der Waals surface area (Å²) in [5.74, 6) is -0.659. The summed E-state index contributed by atoms with van der Waals surface area (Å²) in [4.78, 5) is 25.1. The Labute approximate surface area is 115 Å². The molecule has 0 aliphatic rings. The van der Waals surface area contributed by atoms with Gasteiger partial charge in [0.05, 0.1) is 24.1 Å². The maximum absolute atomic E-state index is 11.2. The van der Waals surface area contributed by atoms with Crippen LogP contribution in [0.2, 0.25) is 0 Å². The van der Waals surface area contributed by atoms with Crippen molar-refractivity contribution in [3.63, 3.8) is 0 Å². The van der Waals surface area contributed by atoms with Crippen LogP contribution in [-0.4, -0.2) is 38.8 Å². The van der Waals surface area contributed by atoms with Gasteiger partial charge in [-0.05, 0) is 13.8 Å². The van der Waals surface area contributed by atoms with E-state index in [0.29, 0.717) is 0 Å². The Balaban J connectivity index is 2.86. The molecule has 1 aromatic heterocycles. The van der Waals surface area contributed by atoms with Gasteiger partial charge in [0.1, 0.15) is 11.8 Å². The number of aryl methyl sites for hydroxylation is 1. The number of hydrogen-bond acceptors (Lipinski definition) is 7. The van der Waals surface area contributed by atoms with Gasteiger partial charge in [-0.3, -0.25) is 19.9 Å². The fourth-order valence-electron chi connectivity index (χ4n) is 1.61. The van der Waals surface area contributed by atoms with Gasteiger partial charge in [0.2, 0.25) is 0 Å². The number of aromatic nitrogens is 1. The van der Waals surface area contributed by atoms with Crippen LogP contribution in [0.4, 0.5) is 5.69 Å². The average Bonchev–Trinajstić information content (AvgIpc) is 2.38. The van der Waals surface area contributed by atoms with E-state index in [1.54, 1.807) is 6.92 Å². The first kappa shape index (κ1) is 16.0. The molecule has 0 aliphatic heterocycles. The molecule has 0 saturated carbocycles. The zero-order chi connectivity index (χ0) is 15.3. The minimum absolute atomic E-state index is 0.0686. The number of esters is 1. The van der Waals surface area contributed by atoms with E-state index in [1.165, 1.54) is 13.1 Å². The first-order chi connectivity index (χ1) is 9.36. The fraction of sp³-hybridized carbons (Fsp3) is 0.500. The molecule has 8 heteroatoms. The number of carbonyl (C=O) groups excluding carboxylic acids is 1. The molecule has 0 aromatic carbocycles. The second kappa shape index (κ2) is 6.92. The third-order valence-corrected chi connectivity index (χ3v) is 2.67. The van der Waals surface area contributed by atoms with Crippen molar-refractivity contribution >= 4 is 11.7 Å². The van der Waals surface area contributed by atoms with E-state index in [9.17, 15) is 25.1 Å². The lowest BCUT2D eigenvalue weighted by molar-refractivity contribution is -0.385. The van der Waals surface area contributed by atoms with Crippen LogP contribution in [0.1, 0.15) is 30.7 Å². The summed E-state index contributed by atoms with van der Waals surface area (Å²) in [6.07, 6.45) is -2.05. The number of nitrogens with zero attached hydrogens (tertiary/aromatic N) is 2. The van der Waals surface area contributed by atoms with Gasteiger partial charge in [0, 0.05) is 17.8 Å². The smallest absolute Gasteiger partial charge is 0.308 e. The summed E-state index contributed by atoms with van der Waals surface area (Å²) in [6, 6.07) is 1.13. The van der Waals surface area contributed by atoms with E-state index >= 15 is 0 Å². The van der Waals surface area contributed by atoms with Crippen LogP contribution in [0.5, 0.6) is 0 Å². The highest BCUT2D eigenvalue weighted by Crippen LogP contribution is 2.24. The number of aliphatic hydroxyl groups excluding tert-OH is 2. The van der Waals surface area contributed by atoms with Crippen molar-refractivity contribution in [3.8, 4) is 0 Å². The van der Waals surface area contributed by atoms with Gasteiger partial charge in [-0.2, -0.15) is 0 Å². The second-order valence-electron chi connectivity index (χ2n) is 4.15. The standard InChI is InChI=1S/C12H16N2O6/c1-3-20-11(16)5-10(15)12(17)8-4-9(14(18)19)7(2)13-6-8/h4,6,10,12,15,17H,3,5H2,1-2H3. The van der Waals surface area contributed by atoms with Crippen LogP contribution in [0.25, 0.3) is 0 Å². The molecule has 0 bridgehead atoms. The lowest BCUT2D eigenvalue weighted by Gasteiger charge is -2.17. The quantitative estimate of drug-likeness (QED) is 0.446. The number of pyridine rings is 1. The molecule has 20 heavy (non-hydrogen) atoms. The summed E-state index contributed by atoms with van der Waals surface area (Å²) in [5.41, 5.74) is 0.00909. The van der Waals surface area contributed by atoms with Crippen LogP contribution in [0.3, 0.4) is 0 Å².